The largest absolute Gasteiger partial charge is 0.416 e. The Morgan fingerprint density at radius 2 is 1.70 bits per heavy atom. The van der Waals surface area contributed by atoms with Crippen molar-refractivity contribution >= 4 is 11.3 Å². The second-order valence-corrected chi connectivity index (χ2v) is 8.45. The van der Waals surface area contributed by atoms with Gasteiger partial charge in [-0.3, -0.25) is 4.90 Å². The highest BCUT2D eigenvalue weighted by Crippen LogP contribution is 2.38. The van der Waals surface area contributed by atoms with Gasteiger partial charge in [0.15, 0.2) is 0 Å². The summed E-state index contributed by atoms with van der Waals surface area (Å²) >= 11 is 1.20. The minimum atomic E-state index is -4.43. The lowest BCUT2D eigenvalue weighted by atomic mass is 9.96. The van der Waals surface area contributed by atoms with E-state index in [4.69, 9.17) is 0 Å². The van der Waals surface area contributed by atoms with E-state index in [0.717, 1.165) is 12.1 Å². The molecule has 1 fully saturated rings. The van der Waals surface area contributed by atoms with Gasteiger partial charge < -0.3 is 5.11 Å². The van der Waals surface area contributed by atoms with Crippen LogP contribution in [0.1, 0.15) is 48.4 Å². The summed E-state index contributed by atoms with van der Waals surface area (Å²) in [5, 5.41) is 10.8. The Balaban J connectivity index is 1.79. The van der Waals surface area contributed by atoms with Crippen LogP contribution >= 0.6 is 11.3 Å². The molecule has 0 spiro atoms. The summed E-state index contributed by atoms with van der Waals surface area (Å²) in [6.45, 7) is 2.65. The van der Waals surface area contributed by atoms with Crippen LogP contribution in [0.25, 0.3) is 10.6 Å². The number of aromatic nitrogens is 1. The Morgan fingerprint density at radius 1 is 1.10 bits per heavy atom. The van der Waals surface area contributed by atoms with Gasteiger partial charge in [0.2, 0.25) is 0 Å². The summed E-state index contributed by atoms with van der Waals surface area (Å²) in [5.41, 5.74) is 0.304. The number of hydrogen-bond donors (Lipinski definition) is 1. The van der Waals surface area contributed by atoms with Crippen molar-refractivity contribution in [2.24, 2.45) is 5.92 Å². The highest BCUT2D eigenvalue weighted by Gasteiger charge is 2.41. The van der Waals surface area contributed by atoms with E-state index < -0.39 is 29.9 Å². The molecule has 1 aromatic carbocycles. The van der Waals surface area contributed by atoms with Crippen LogP contribution in [0.2, 0.25) is 0 Å². The summed E-state index contributed by atoms with van der Waals surface area (Å²) in [5.74, 6) is -1.30. The van der Waals surface area contributed by atoms with Crippen molar-refractivity contribution in [3.63, 3.8) is 0 Å². The van der Waals surface area contributed by atoms with Gasteiger partial charge >= 0.3 is 12.4 Å². The van der Waals surface area contributed by atoms with Gasteiger partial charge in [0.05, 0.1) is 28.2 Å². The van der Waals surface area contributed by atoms with Crippen molar-refractivity contribution in [1.29, 1.82) is 0 Å². The van der Waals surface area contributed by atoms with E-state index in [0.29, 0.717) is 34.1 Å². The number of rotatable bonds is 5. The van der Waals surface area contributed by atoms with Gasteiger partial charge in [-0.05, 0) is 44.5 Å². The maximum atomic E-state index is 12.9. The van der Waals surface area contributed by atoms with Crippen molar-refractivity contribution in [3.05, 3.63) is 40.4 Å². The first-order valence-electron chi connectivity index (χ1n) is 9.63. The van der Waals surface area contributed by atoms with Gasteiger partial charge in [0.1, 0.15) is 5.01 Å². The summed E-state index contributed by atoms with van der Waals surface area (Å²) in [6, 6.07) is 4.63. The Hall–Kier alpha value is -1.65. The van der Waals surface area contributed by atoms with E-state index in [1.807, 2.05) is 4.90 Å². The standard InChI is InChI=1S/C20H22F6N2OS/c1-2-16(29)17-15(11-28-9-7-14(8-10-28)20(24,25)26)27-18(30-17)12-3-5-13(6-4-12)19(21,22)23/h3-6,14,16,29H,2,7-11H2,1H3/t16-/m0/s1. The lowest BCUT2D eigenvalue weighted by molar-refractivity contribution is -0.185. The molecule has 1 aliphatic heterocycles. The molecule has 3 nitrogen and oxygen atoms in total. The van der Waals surface area contributed by atoms with Crippen LogP contribution in [0.3, 0.4) is 0 Å². The number of halogens is 6. The minimum absolute atomic E-state index is 0.0189. The van der Waals surface area contributed by atoms with Crippen LogP contribution in [0.5, 0.6) is 0 Å². The zero-order valence-corrected chi connectivity index (χ0v) is 17.0. The van der Waals surface area contributed by atoms with Crippen molar-refractivity contribution < 1.29 is 31.4 Å². The first-order valence-corrected chi connectivity index (χ1v) is 10.4. The lowest BCUT2D eigenvalue weighted by Gasteiger charge is -2.32. The summed E-state index contributed by atoms with van der Waals surface area (Å²) in [7, 11) is 0. The number of nitrogens with zero attached hydrogens (tertiary/aromatic N) is 2. The van der Waals surface area contributed by atoms with Crippen molar-refractivity contribution in [1.82, 2.24) is 9.88 Å². The van der Waals surface area contributed by atoms with E-state index in [1.54, 1.807) is 6.92 Å². The summed E-state index contributed by atoms with van der Waals surface area (Å²) in [6.07, 6.45) is -8.94. The molecule has 0 saturated carbocycles. The van der Waals surface area contributed by atoms with Crippen molar-refractivity contribution in [3.8, 4) is 10.6 Å². The Labute approximate surface area is 174 Å². The van der Waals surface area contributed by atoms with E-state index in [2.05, 4.69) is 4.98 Å². The zero-order valence-electron chi connectivity index (χ0n) is 16.2. The smallest absolute Gasteiger partial charge is 0.388 e. The van der Waals surface area contributed by atoms with Gasteiger partial charge in [-0.25, -0.2) is 4.98 Å². The van der Waals surface area contributed by atoms with Crippen molar-refractivity contribution in [2.45, 2.75) is 51.2 Å². The maximum Gasteiger partial charge on any atom is 0.416 e. The molecule has 3 rings (SSSR count). The first-order chi connectivity index (χ1) is 14.0. The number of aliphatic hydroxyl groups is 1. The van der Waals surface area contributed by atoms with Gasteiger partial charge in [0, 0.05) is 12.1 Å². The highest BCUT2D eigenvalue weighted by atomic mass is 32.1. The second-order valence-electron chi connectivity index (χ2n) is 7.42. The molecule has 0 radical (unpaired) electrons. The Morgan fingerprint density at radius 3 is 2.20 bits per heavy atom. The Kier molecular flexibility index (Phi) is 6.78. The average molecular weight is 452 g/mol. The molecule has 0 bridgehead atoms. The Bertz CT molecular complexity index is 838. The SMILES string of the molecule is CC[C@H](O)c1sc(-c2ccc(C(F)(F)F)cc2)nc1CN1CCC(C(F)(F)F)CC1. The third kappa shape index (κ3) is 5.33. The maximum absolute atomic E-state index is 12.9. The summed E-state index contributed by atoms with van der Waals surface area (Å²) in [4.78, 5) is 6.99. The van der Waals surface area contributed by atoms with Crippen molar-refractivity contribution in [2.75, 3.05) is 13.1 Å². The zero-order chi connectivity index (χ0) is 22.1. The molecule has 1 saturated heterocycles. The van der Waals surface area contributed by atoms with Gasteiger partial charge in [0.25, 0.3) is 0 Å². The molecule has 0 aliphatic carbocycles. The fourth-order valence-electron chi connectivity index (χ4n) is 3.48. The predicted octanol–water partition coefficient (Wildman–Crippen LogP) is 6.05. The fourth-order valence-corrected chi connectivity index (χ4v) is 4.63. The van der Waals surface area contributed by atoms with Crippen LogP contribution in [0.4, 0.5) is 26.3 Å². The number of hydrogen-bond acceptors (Lipinski definition) is 4. The van der Waals surface area contributed by atoms with Gasteiger partial charge in [-0.15, -0.1) is 11.3 Å². The third-order valence-electron chi connectivity index (χ3n) is 5.30. The van der Waals surface area contributed by atoms with Crippen LogP contribution in [0.15, 0.2) is 24.3 Å². The van der Waals surface area contributed by atoms with E-state index in [1.165, 1.54) is 23.5 Å². The van der Waals surface area contributed by atoms with Gasteiger partial charge in [-0.1, -0.05) is 19.1 Å². The molecular weight excluding hydrogens is 430 g/mol. The molecule has 2 heterocycles. The van der Waals surface area contributed by atoms with E-state index in [-0.39, 0.29) is 25.9 Å². The molecule has 1 atom stereocenters. The topological polar surface area (TPSA) is 36.4 Å². The average Bonchev–Trinajstić information content (AvgIpc) is 3.10. The minimum Gasteiger partial charge on any atom is -0.388 e. The number of aliphatic hydroxyl groups excluding tert-OH is 1. The normalized spacial score (nSPS) is 18.0. The molecule has 166 valence electrons. The van der Waals surface area contributed by atoms with Crippen LogP contribution in [0, 0.1) is 5.92 Å². The molecule has 10 heteroatoms. The second kappa shape index (κ2) is 8.84. The molecule has 0 unspecified atom stereocenters. The molecule has 2 aromatic rings. The van der Waals surface area contributed by atoms with Crippen LogP contribution < -0.4 is 0 Å². The van der Waals surface area contributed by atoms with Crippen LogP contribution in [-0.4, -0.2) is 34.3 Å². The highest BCUT2D eigenvalue weighted by molar-refractivity contribution is 7.15. The molecule has 1 N–H and O–H groups in total. The summed E-state index contributed by atoms with van der Waals surface area (Å²) < 4.78 is 77.0. The van der Waals surface area contributed by atoms with E-state index in [9.17, 15) is 31.4 Å². The number of piperidine rings is 1. The number of thiazole rings is 1. The van der Waals surface area contributed by atoms with Crippen LogP contribution in [-0.2, 0) is 12.7 Å². The lowest BCUT2D eigenvalue weighted by Crippen LogP contribution is -2.38. The fraction of sp³-hybridized carbons (Fsp3) is 0.550. The molecular formula is C20H22F6N2OS. The van der Waals surface area contributed by atoms with E-state index >= 15 is 0 Å². The number of likely N-dealkylation sites (tertiary alicyclic amines) is 1. The number of benzene rings is 1. The molecule has 1 aromatic heterocycles. The monoisotopic (exact) mass is 452 g/mol. The number of alkyl halides is 6. The first kappa shape index (κ1) is 23.0. The molecule has 1 aliphatic rings. The quantitative estimate of drug-likeness (QED) is 0.562. The molecule has 30 heavy (non-hydrogen) atoms. The third-order valence-corrected chi connectivity index (χ3v) is 6.55. The predicted molar refractivity (Wildman–Crippen MR) is 102 cm³/mol. The molecule has 0 amide bonds. The van der Waals surface area contributed by atoms with Gasteiger partial charge in [-0.2, -0.15) is 26.3 Å².